The molecule has 0 atom stereocenters. The number of nitrogens with zero attached hydrogens (tertiary/aromatic N) is 5. The van der Waals surface area contributed by atoms with Gasteiger partial charge in [0.15, 0.2) is 0 Å². The second-order valence-corrected chi connectivity index (χ2v) is 7.08. The standard InChI is InChI=1S/C17H27N5O3/c1-3-14-16(22(24)25)17(19(2)18-14)21-10-6-13(7-11-21)12-15(23)20-8-4-5-9-20/h13H,3-12H2,1-2H3. The Labute approximate surface area is 147 Å². The molecule has 1 aromatic rings. The number of hydrogen-bond donors (Lipinski definition) is 0. The van der Waals surface area contributed by atoms with Crippen LogP contribution in [0.3, 0.4) is 0 Å². The van der Waals surface area contributed by atoms with Gasteiger partial charge in [-0.25, -0.2) is 4.68 Å². The molecule has 0 saturated carbocycles. The molecule has 2 saturated heterocycles. The molecule has 138 valence electrons. The fourth-order valence-corrected chi connectivity index (χ4v) is 4.03. The van der Waals surface area contributed by atoms with Crippen molar-refractivity contribution in [2.45, 2.75) is 45.4 Å². The van der Waals surface area contributed by atoms with Crippen molar-refractivity contribution in [2.24, 2.45) is 13.0 Å². The molecule has 0 aliphatic carbocycles. The molecule has 8 heteroatoms. The molecule has 2 fully saturated rings. The highest BCUT2D eigenvalue weighted by molar-refractivity contribution is 5.76. The molecule has 2 aliphatic rings. The summed E-state index contributed by atoms with van der Waals surface area (Å²) < 4.78 is 1.63. The normalized spacial score (nSPS) is 18.8. The Morgan fingerprint density at radius 1 is 1.24 bits per heavy atom. The highest BCUT2D eigenvalue weighted by atomic mass is 16.6. The zero-order valence-electron chi connectivity index (χ0n) is 15.1. The van der Waals surface area contributed by atoms with E-state index >= 15 is 0 Å². The maximum atomic E-state index is 12.3. The van der Waals surface area contributed by atoms with Gasteiger partial charge in [-0.3, -0.25) is 14.9 Å². The third-order valence-electron chi connectivity index (χ3n) is 5.42. The van der Waals surface area contributed by atoms with E-state index in [1.807, 2.05) is 11.8 Å². The summed E-state index contributed by atoms with van der Waals surface area (Å²) in [6.07, 6.45) is 5.18. The Morgan fingerprint density at radius 3 is 2.44 bits per heavy atom. The number of aryl methyl sites for hydroxylation is 2. The molecule has 2 aliphatic heterocycles. The summed E-state index contributed by atoms with van der Waals surface area (Å²) in [6, 6.07) is 0. The average molecular weight is 349 g/mol. The van der Waals surface area contributed by atoms with Gasteiger partial charge in [0.05, 0.1) is 4.92 Å². The van der Waals surface area contributed by atoms with Gasteiger partial charge < -0.3 is 9.80 Å². The molecule has 0 spiro atoms. The number of likely N-dealkylation sites (tertiary alicyclic amines) is 1. The zero-order chi connectivity index (χ0) is 18.0. The molecule has 8 nitrogen and oxygen atoms in total. The predicted molar refractivity (Wildman–Crippen MR) is 94.6 cm³/mol. The van der Waals surface area contributed by atoms with Crippen molar-refractivity contribution in [3.8, 4) is 0 Å². The first kappa shape index (κ1) is 17.7. The number of piperidine rings is 1. The van der Waals surface area contributed by atoms with E-state index in [2.05, 4.69) is 10.00 Å². The maximum Gasteiger partial charge on any atom is 0.334 e. The van der Waals surface area contributed by atoms with Gasteiger partial charge in [0, 0.05) is 39.6 Å². The molecular weight excluding hydrogens is 322 g/mol. The van der Waals surface area contributed by atoms with E-state index in [9.17, 15) is 14.9 Å². The van der Waals surface area contributed by atoms with Gasteiger partial charge in [0.2, 0.25) is 11.7 Å². The number of anilines is 1. The van der Waals surface area contributed by atoms with Crippen molar-refractivity contribution in [2.75, 3.05) is 31.1 Å². The van der Waals surface area contributed by atoms with Crippen molar-refractivity contribution in [3.05, 3.63) is 15.8 Å². The molecule has 3 rings (SSSR count). The van der Waals surface area contributed by atoms with Gasteiger partial charge in [-0.1, -0.05) is 6.92 Å². The lowest BCUT2D eigenvalue weighted by molar-refractivity contribution is -0.384. The van der Waals surface area contributed by atoms with E-state index in [4.69, 9.17) is 0 Å². The molecule has 25 heavy (non-hydrogen) atoms. The first-order valence-electron chi connectivity index (χ1n) is 9.24. The molecule has 1 amide bonds. The summed E-state index contributed by atoms with van der Waals surface area (Å²) in [5.74, 6) is 1.25. The number of carbonyl (C=O) groups is 1. The van der Waals surface area contributed by atoms with Crippen molar-refractivity contribution >= 4 is 17.4 Å². The third kappa shape index (κ3) is 3.62. The Hall–Kier alpha value is -2.12. The molecular formula is C17H27N5O3. The van der Waals surface area contributed by atoms with E-state index < -0.39 is 0 Å². The van der Waals surface area contributed by atoms with Crippen LogP contribution in [-0.2, 0) is 18.3 Å². The number of rotatable bonds is 5. The monoisotopic (exact) mass is 349 g/mol. The van der Waals surface area contributed by atoms with E-state index in [1.165, 1.54) is 0 Å². The van der Waals surface area contributed by atoms with Crippen LogP contribution in [0.15, 0.2) is 0 Å². The van der Waals surface area contributed by atoms with Crippen LogP contribution in [0.1, 0.15) is 44.7 Å². The smallest absolute Gasteiger partial charge is 0.334 e. The van der Waals surface area contributed by atoms with E-state index in [-0.39, 0.29) is 16.5 Å². The summed E-state index contributed by atoms with van der Waals surface area (Å²) in [6.45, 7) is 5.16. The Morgan fingerprint density at radius 2 is 1.88 bits per heavy atom. The average Bonchev–Trinajstić information content (AvgIpc) is 3.23. The number of nitro groups is 1. The van der Waals surface area contributed by atoms with Crippen LogP contribution in [0.25, 0.3) is 0 Å². The fraction of sp³-hybridized carbons (Fsp3) is 0.765. The molecule has 1 aromatic heterocycles. The minimum atomic E-state index is -0.315. The second kappa shape index (κ2) is 7.41. The van der Waals surface area contributed by atoms with Gasteiger partial charge in [-0.15, -0.1) is 0 Å². The van der Waals surface area contributed by atoms with E-state index in [1.54, 1.807) is 11.7 Å². The number of aromatic nitrogens is 2. The Bertz CT molecular complexity index is 643. The number of amides is 1. The summed E-state index contributed by atoms with van der Waals surface area (Å²) in [4.78, 5) is 27.5. The van der Waals surface area contributed by atoms with Crippen LogP contribution >= 0.6 is 0 Å². The van der Waals surface area contributed by atoms with Crippen molar-refractivity contribution in [1.29, 1.82) is 0 Å². The lowest BCUT2D eigenvalue weighted by Gasteiger charge is -2.33. The van der Waals surface area contributed by atoms with Crippen molar-refractivity contribution in [1.82, 2.24) is 14.7 Å². The summed E-state index contributed by atoms with van der Waals surface area (Å²) >= 11 is 0. The van der Waals surface area contributed by atoms with Gasteiger partial charge in [0.25, 0.3) is 0 Å². The van der Waals surface area contributed by atoms with Gasteiger partial charge in [0.1, 0.15) is 5.69 Å². The maximum absolute atomic E-state index is 12.3. The fourth-order valence-electron chi connectivity index (χ4n) is 4.03. The molecule has 0 bridgehead atoms. The largest absolute Gasteiger partial charge is 0.351 e. The number of hydrogen-bond acceptors (Lipinski definition) is 5. The van der Waals surface area contributed by atoms with E-state index in [0.717, 1.165) is 51.9 Å². The second-order valence-electron chi connectivity index (χ2n) is 7.08. The van der Waals surface area contributed by atoms with Gasteiger partial charge in [-0.05, 0) is 38.0 Å². The lowest BCUT2D eigenvalue weighted by atomic mass is 9.93. The number of carbonyl (C=O) groups excluding carboxylic acids is 1. The summed E-state index contributed by atoms with van der Waals surface area (Å²) in [7, 11) is 1.77. The van der Waals surface area contributed by atoms with Gasteiger partial charge >= 0.3 is 5.69 Å². The first-order valence-corrected chi connectivity index (χ1v) is 9.24. The molecule has 0 N–H and O–H groups in total. The van der Waals surface area contributed by atoms with Crippen LogP contribution < -0.4 is 4.90 Å². The van der Waals surface area contributed by atoms with Crippen molar-refractivity contribution < 1.29 is 9.72 Å². The summed E-state index contributed by atoms with van der Waals surface area (Å²) in [5, 5.41) is 15.8. The lowest BCUT2D eigenvalue weighted by Crippen LogP contribution is -2.37. The first-order chi connectivity index (χ1) is 12.0. The Kier molecular flexibility index (Phi) is 5.24. The predicted octanol–water partition coefficient (Wildman–Crippen LogP) is 2.12. The quantitative estimate of drug-likeness (QED) is 0.600. The molecule has 0 radical (unpaired) electrons. The highest BCUT2D eigenvalue weighted by Gasteiger charge is 2.32. The molecule has 0 unspecified atom stereocenters. The third-order valence-corrected chi connectivity index (χ3v) is 5.42. The van der Waals surface area contributed by atoms with Crippen LogP contribution in [0.4, 0.5) is 11.5 Å². The van der Waals surface area contributed by atoms with Gasteiger partial charge in [-0.2, -0.15) is 5.10 Å². The molecule has 0 aromatic carbocycles. The SMILES string of the molecule is CCc1nn(C)c(N2CCC(CC(=O)N3CCCC3)CC2)c1[N+](=O)[O-]. The minimum Gasteiger partial charge on any atom is -0.351 e. The molecule has 3 heterocycles. The minimum absolute atomic E-state index is 0.136. The van der Waals surface area contributed by atoms with E-state index in [0.29, 0.717) is 30.3 Å². The van der Waals surface area contributed by atoms with Crippen LogP contribution in [-0.4, -0.2) is 51.7 Å². The highest BCUT2D eigenvalue weighted by Crippen LogP contribution is 2.34. The van der Waals surface area contributed by atoms with Crippen molar-refractivity contribution in [3.63, 3.8) is 0 Å². The Balaban J connectivity index is 1.63. The topological polar surface area (TPSA) is 84.5 Å². The van der Waals surface area contributed by atoms with Crippen LogP contribution in [0.5, 0.6) is 0 Å². The summed E-state index contributed by atoms with van der Waals surface area (Å²) in [5.41, 5.74) is 0.672. The van der Waals surface area contributed by atoms with Crippen LogP contribution in [0.2, 0.25) is 0 Å². The van der Waals surface area contributed by atoms with Crippen LogP contribution in [0, 0.1) is 16.0 Å². The zero-order valence-corrected chi connectivity index (χ0v) is 15.1.